The molecule has 1 rings (SSSR count). The predicted octanol–water partition coefficient (Wildman–Crippen LogP) is 2.70. The van der Waals surface area contributed by atoms with Crippen molar-refractivity contribution in [2.75, 3.05) is 38.6 Å². The standard InChI is InChI=1S/C21H37N5O2/c1-16(2)26(17(3)4)13-8-11-23-21(22-6)24-12-14-28-20-10-7-9-19(15-20)25-18(5)27/h7,9-10,15-17H,8,11-14H2,1-6H3,(H,25,27)(H2,22,23,24). The number of aliphatic imine (C=N–C) groups is 1. The van der Waals surface area contributed by atoms with Crippen LogP contribution in [0.2, 0.25) is 0 Å². The summed E-state index contributed by atoms with van der Waals surface area (Å²) in [6.07, 6.45) is 1.06. The Balaban J connectivity index is 2.27. The summed E-state index contributed by atoms with van der Waals surface area (Å²) in [4.78, 5) is 17.9. The molecule has 1 amide bonds. The summed E-state index contributed by atoms with van der Waals surface area (Å²) < 4.78 is 5.73. The lowest BCUT2D eigenvalue weighted by atomic mass is 10.2. The van der Waals surface area contributed by atoms with Crippen LogP contribution in [0.25, 0.3) is 0 Å². The second kappa shape index (κ2) is 13.0. The largest absolute Gasteiger partial charge is 0.492 e. The van der Waals surface area contributed by atoms with Crippen molar-refractivity contribution in [3.05, 3.63) is 24.3 Å². The van der Waals surface area contributed by atoms with Gasteiger partial charge in [0.05, 0.1) is 6.54 Å². The maximum absolute atomic E-state index is 11.1. The number of carbonyl (C=O) groups excluding carboxylic acids is 1. The first kappa shape index (κ1) is 23.8. The van der Waals surface area contributed by atoms with Gasteiger partial charge in [0, 0.05) is 50.9 Å². The predicted molar refractivity (Wildman–Crippen MR) is 117 cm³/mol. The van der Waals surface area contributed by atoms with Crippen LogP contribution < -0.4 is 20.7 Å². The first-order valence-electron chi connectivity index (χ1n) is 10.0. The van der Waals surface area contributed by atoms with E-state index in [0.29, 0.717) is 25.2 Å². The summed E-state index contributed by atoms with van der Waals surface area (Å²) in [5.41, 5.74) is 0.729. The van der Waals surface area contributed by atoms with Gasteiger partial charge >= 0.3 is 0 Å². The van der Waals surface area contributed by atoms with Crippen molar-refractivity contribution in [2.24, 2.45) is 4.99 Å². The Hall–Kier alpha value is -2.28. The third-order valence-electron chi connectivity index (χ3n) is 4.25. The van der Waals surface area contributed by atoms with E-state index in [2.05, 4.69) is 53.5 Å². The summed E-state index contributed by atoms with van der Waals surface area (Å²) in [6.45, 7) is 13.5. The minimum absolute atomic E-state index is 0.0985. The van der Waals surface area contributed by atoms with Crippen molar-refractivity contribution in [3.63, 3.8) is 0 Å². The van der Waals surface area contributed by atoms with Gasteiger partial charge in [-0.3, -0.25) is 14.7 Å². The molecule has 0 fully saturated rings. The van der Waals surface area contributed by atoms with Gasteiger partial charge in [-0.1, -0.05) is 6.07 Å². The van der Waals surface area contributed by atoms with Gasteiger partial charge in [-0.05, 0) is 46.2 Å². The molecule has 0 bridgehead atoms. The Kier molecular flexibility index (Phi) is 11.0. The van der Waals surface area contributed by atoms with Gasteiger partial charge in [-0.2, -0.15) is 0 Å². The summed E-state index contributed by atoms with van der Waals surface area (Å²) in [7, 11) is 1.77. The quantitative estimate of drug-likeness (QED) is 0.307. The van der Waals surface area contributed by atoms with E-state index < -0.39 is 0 Å². The van der Waals surface area contributed by atoms with E-state index in [1.807, 2.05) is 24.3 Å². The zero-order valence-corrected chi connectivity index (χ0v) is 18.2. The Morgan fingerprint density at radius 1 is 1.14 bits per heavy atom. The number of hydrogen-bond acceptors (Lipinski definition) is 4. The number of carbonyl (C=O) groups is 1. The first-order chi connectivity index (χ1) is 13.3. The molecule has 0 heterocycles. The van der Waals surface area contributed by atoms with Gasteiger partial charge in [0.15, 0.2) is 5.96 Å². The van der Waals surface area contributed by atoms with Crippen molar-refractivity contribution in [1.29, 1.82) is 0 Å². The van der Waals surface area contributed by atoms with Gasteiger partial charge in [0.2, 0.25) is 5.91 Å². The maximum atomic E-state index is 11.1. The highest BCUT2D eigenvalue weighted by atomic mass is 16.5. The van der Waals surface area contributed by atoms with Crippen LogP contribution in [0, 0.1) is 0 Å². The second-order valence-corrected chi connectivity index (χ2v) is 7.26. The second-order valence-electron chi connectivity index (χ2n) is 7.26. The molecule has 0 unspecified atom stereocenters. The fraction of sp³-hybridized carbons (Fsp3) is 0.619. The molecule has 28 heavy (non-hydrogen) atoms. The monoisotopic (exact) mass is 391 g/mol. The summed E-state index contributed by atoms with van der Waals surface area (Å²) >= 11 is 0. The topological polar surface area (TPSA) is 78.0 Å². The molecule has 7 nitrogen and oxygen atoms in total. The summed E-state index contributed by atoms with van der Waals surface area (Å²) in [6, 6.07) is 8.47. The number of nitrogens with zero attached hydrogens (tertiary/aromatic N) is 2. The van der Waals surface area contributed by atoms with E-state index in [-0.39, 0.29) is 5.91 Å². The zero-order chi connectivity index (χ0) is 20.9. The minimum atomic E-state index is -0.0985. The first-order valence-corrected chi connectivity index (χ1v) is 10.0. The third-order valence-corrected chi connectivity index (χ3v) is 4.25. The molecule has 0 spiro atoms. The molecule has 0 aliphatic heterocycles. The molecular formula is C21H37N5O2. The van der Waals surface area contributed by atoms with Crippen molar-refractivity contribution in [2.45, 2.75) is 53.1 Å². The number of nitrogens with one attached hydrogen (secondary N) is 3. The van der Waals surface area contributed by atoms with Crippen LogP contribution in [-0.4, -0.2) is 62.1 Å². The normalized spacial score (nSPS) is 11.8. The Morgan fingerprint density at radius 2 is 1.82 bits per heavy atom. The average molecular weight is 392 g/mol. The van der Waals surface area contributed by atoms with E-state index in [4.69, 9.17) is 4.74 Å². The molecule has 1 aromatic carbocycles. The zero-order valence-electron chi connectivity index (χ0n) is 18.2. The van der Waals surface area contributed by atoms with Gasteiger partial charge in [-0.25, -0.2) is 0 Å². The van der Waals surface area contributed by atoms with Crippen molar-refractivity contribution >= 4 is 17.6 Å². The average Bonchev–Trinajstić information content (AvgIpc) is 2.62. The van der Waals surface area contributed by atoms with Crippen LogP contribution in [0.5, 0.6) is 5.75 Å². The van der Waals surface area contributed by atoms with Crippen LogP contribution in [-0.2, 0) is 4.79 Å². The fourth-order valence-electron chi connectivity index (χ4n) is 3.01. The van der Waals surface area contributed by atoms with Crippen LogP contribution in [0.3, 0.4) is 0 Å². The molecule has 0 aliphatic rings. The minimum Gasteiger partial charge on any atom is -0.492 e. The van der Waals surface area contributed by atoms with Gasteiger partial charge in [0.25, 0.3) is 0 Å². The van der Waals surface area contributed by atoms with E-state index in [1.165, 1.54) is 6.92 Å². The molecule has 0 aromatic heterocycles. The SMILES string of the molecule is CN=C(NCCCN(C(C)C)C(C)C)NCCOc1cccc(NC(C)=O)c1. The Morgan fingerprint density at radius 3 is 2.43 bits per heavy atom. The van der Waals surface area contributed by atoms with Crippen LogP contribution >= 0.6 is 0 Å². The molecule has 0 radical (unpaired) electrons. The van der Waals surface area contributed by atoms with Gasteiger partial charge in [0.1, 0.15) is 12.4 Å². The fourth-order valence-corrected chi connectivity index (χ4v) is 3.01. The highest BCUT2D eigenvalue weighted by molar-refractivity contribution is 5.88. The highest BCUT2D eigenvalue weighted by Gasteiger charge is 2.12. The van der Waals surface area contributed by atoms with E-state index in [1.54, 1.807) is 7.05 Å². The molecule has 0 saturated heterocycles. The molecule has 7 heteroatoms. The van der Waals surface area contributed by atoms with E-state index in [0.717, 1.165) is 36.9 Å². The Labute approximate surface area is 169 Å². The molecule has 0 saturated carbocycles. The molecular weight excluding hydrogens is 354 g/mol. The molecule has 1 aromatic rings. The molecule has 3 N–H and O–H groups in total. The number of hydrogen-bond donors (Lipinski definition) is 3. The molecule has 0 atom stereocenters. The van der Waals surface area contributed by atoms with Gasteiger partial charge < -0.3 is 20.7 Å². The third kappa shape index (κ3) is 9.60. The Bertz CT molecular complexity index is 609. The van der Waals surface area contributed by atoms with Crippen molar-refractivity contribution < 1.29 is 9.53 Å². The number of amides is 1. The number of anilines is 1. The lowest BCUT2D eigenvalue weighted by Crippen LogP contribution is -2.42. The lowest BCUT2D eigenvalue weighted by Gasteiger charge is -2.30. The van der Waals surface area contributed by atoms with Crippen molar-refractivity contribution in [1.82, 2.24) is 15.5 Å². The highest BCUT2D eigenvalue weighted by Crippen LogP contribution is 2.17. The number of guanidine groups is 1. The number of rotatable bonds is 11. The number of benzene rings is 1. The molecule has 158 valence electrons. The van der Waals surface area contributed by atoms with Crippen LogP contribution in [0.1, 0.15) is 41.0 Å². The van der Waals surface area contributed by atoms with Crippen LogP contribution in [0.15, 0.2) is 29.3 Å². The number of ether oxygens (including phenoxy) is 1. The van der Waals surface area contributed by atoms with Gasteiger partial charge in [-0.15, -0.1) is 0 Å². The van der Waals surface area contributed by atoms with Crippen LogP contribution in [0.4, 0.5) is 5.69 Å². The molecule has 0 aliphatic carbocycles. The maximum Gasteiger partial charge on any atom is 0.221 e. The lowest BCUT2D eigenvalue weighted by molar-refractivity contribution is -0.114. The summed E-state index contributed by atoms with van der Waals surface area (Å²) in [5, 5.41) is 9.34. The van der Waals surface area contributed by atoms with E-state index >= 15 is 0 Å². The smallest absolute Gasteiger partial charge is 0.221 e. The van der Waals surface area contributed by atoms with E-state index in [9.17, 15) is 4.79 Å². The summed E-state index contributed by atoms with van der Waals surface area (Å²) in [5.74, 6) is 1.40. The van der Waals surface area contributed by atoms with Crippen molar-refractivity contribution in [3.8, 4) is 5.75 Å².